The van der Waals surface area contributed by atoms with E-state index in [9.17, 15) is 9.90 Å². The first-order chi connectivity index (χ1) is 10.5. The van der Waals surface area contributed by atoms with Gasteiger partial charge in [-0.25, -0.2) is 9.67 Å². The van der Waals surface area contributed by atoms with Crippen LogP contribution in [0.25, 0.3) is 0 Å². The molecule has 0 aliphatic heterocycles. The molecule has 0 saturated carbocycles. The van der Waals surface area contributed by atoms with Gasteiger partial charge in [0.1, 0.15) is 5.82 Å². The average Bonchev–Trinajstić information content (AvgIpc) is 3.07. The van der Waals surface area contributed by atoms with E-state index in [2.05, 4.69) is 15.4 Å². The van der Waals surface area contributed by atoms with Crippen LogP contribution in [0.2, 0.25) is 0 Å². The number of rotatable bonds is 7. The van der Waals surface area contributed by atoms with E-state index >= 15 is 0 Å². The molecular weight excluding hydrogens is 300 g/mol. The van der Waals surface area contributed by atoms with Gasteiger partial charge in [-0.15, -0.1) is 11.3 Å². The lowest BCUT2D eigenvalue weighted by Gasteiger charge is -2.21. The number of aliphatic hydroxyl groups excluding tert-OH is 1. The highest BCUT2D eigenvalue weighted by molar-refractivity contribution is 7.09. The summed E-state index contributed by atoms with van der Waals surface area (Å²) in [5, 5.41) is 18.7. The molecule has 7 heteroatoms. The maximum absolute atomic E-state index is 11.4. The number of hydrogen-bond acceptors (Lipinski definition) is 5. The van der Waals surface area contributed by atoms with E-state index in [1.54, 1.807) is 16.0 Å². The molecule has 0 aliphatic rings. The van der Waals surface area contributed by atoms with Crippen LogP contribution in [0.1, 0.15) is 43.3 Å². The summed E-state index contributed by atoms with van der Waals surface area (Å²) in [5.74, 6) is 1.49. The predicted molar refractivity (Wildman–Crippen MR) is 85.6 cm³/mol. The molecule has 0 radical (unpaired) electrons. The van der Waals surface area contributed by atoms with E-state index < -0.39 is 0 Å². The Labute approximate surface area is 134 Å². The zero-order valence-electron chi connectivity index (χ0n) is 13.1. The molecule has 2 N–H and O–H groups in total. The number of aliphatic hydroxyl groups is 1. The van der Waals surface area contributed by atoms with Crippen molar-refractivity contribution in [2.24, 2.45) is 5.92 Å². The van der Waals surface area contributed by atoms with Gasteiger partial charge < -0.3 is 10.4 Å². The standard InChI is InChI=1S/C15H22N4O2S/c1-10(2)14(16-11(3)21)15-17-13(18-19(15)6-7-20)9-12-5-4-8-22-12/h4-5,8,10,14,20H,6-7,9H2,1-3H3,(H,16,21). The van der Waals surface area contributed by atoms with E-state index in [1.165, 1.54) is 11.8 Å². The molecule has 22 heavy (non-hydrogen) atoms. The molecule has 120 valence electrons. The molecule has 0 saturated heterocycles. The first kappa shape index (κ1) is 16.6. The van der Waals surface area contributed by atoms with Crippen LogP contribution in [-0.4, -0.2) is 32.4 Å². The normalized spacial score (nSPS) is 12.6. The molecule has 0 aromatic carbocycles. The number of carbonyl (C=O) groups excluding carboxylic acids is 1. The highest BCUT2D eigenvalue weighted by Crippen LogP contribution is 2.21. The van der Waals surface area contributed by atoms with Crippen molar-refractivity contribution in [2.75, 3.05) is 6.61 Å². The highest BCUT2D eigenvalue weighted by atomic mass is 32.1. The molecule has 2 aromatic heterocycles. The van der Waals surface area contributed by atoms with Gasteiger partial charge in [-0.1, -0.05) is 19.9 Å². The molecule has 0 bridgehead atoms. The summed E-state index contributed by atoms with van der Waals surface area (Å²) in [6.45, 7) is 5.90. The average molecular weight is 322 g/mol. The number of thiophene rings is 1. The summed E-state index contributed by atoms with van der Waals surface area (Å²) in [5.41, 5.74) is 0. The fourth-order valence-electron chi connectivity index (χ4n) is 2.28. The third kappa shape index (κ3) is 4.14. The third-order valence-electron chi connectivity index (χ3n) is 3.27. The van der Waals surface area contributed by atoms with Gasteiger partial charge in [-0.3, -0.25) is 4.79 Å². The molecule has 6 nitrogen and oxygen atoms in total. The summed E-state index contributed by atoms with van der Waals surface area (Å²) in [7, 11) is 0. The van der Waals surface area contributed by atoms with Gasteiger partial charge in [0.2, 0.25) is 5.91 Å². The van der Waals surface area contributed by atoms with Crippen molar-refractivity contribution < 1.29 is 9.90 Å². The van der Waals surface area contributed by atoms with Gasteiger partial charge in [-0.05, 0) is 17.4 Å². The number of carbonyl (C=O) groups is 1. The molecule has 0 fully saturated rings. The molecule has 1 amide bonds. The maximum Gasteiger partial charge on any atom is 0.217 e. The number of aromatic nitrogens is 3. The van der Waals surface area contributed by atoms with Gasteiger partial charge >= 0.3 is 0 Å². The fraction of sp³-hybridized carbons (Fsp3) is 0.533. The van der Waals surface area contributed by atoms with Crippen molar-refractivity contribution >= 4 is 17.2 Å². The van der Waals surface area contributed by atoms with Crippen molar-refractivity contribution in [2.45, 2.75) is 39.8 Å². The van der Waals surface area contributed by atoms with Gasteiger partial charge in [0.15, 0.2) is 5.82 Å². The second-order valence-corrected chi connectivity index (χ2v) is 6.54. The Morgan fingerprint density at radius 1 is 1.50 bits per heavy atom. The Balaban J connectivity index is 2.30. The fourth-order valence-corrected chi connectivity index (χ4v) is 2.99. The first-order valence-corrected chi connectivity index (χ1v) is 8.23. The second-order valence-electron chi connectivity index (χ2n) is 5.51. The number of hydrogen-bond donors (Lipinski definition) is 2. The van der Waals surface area contributed by atoms with Crippen LogP contribution >= 0.6 is 11.3 Å². The van der Waals surface area contributed by atoms with Crippen LogP contribution in [0.3, 0.4) is 0 Å². The van der Waals surface area contributed by atoms with Crippen molar-refractivity contribution in [1.29, 1.82) is 0 Å². The molecule has 1 unspecified atom stereocenters. The molecule has 0 aliphatic carbocycles. The molecular formula is C15H22N4O2S. The van der Waals surface area contributed by atoms with Gasteiger partial charge in [0.25, 0.3) is 0 Å². The zero-order valence-corrected chi connectivity index (χ0v) is 13.9. The van der Waals surface area contributed by atoms with Gasteiger partial charge in [-0.2, -0.15) is 5.10 Å². The highest BCUT2D eigenvalue weighted by Gasteiger charge is 2.24. The minimum Gasteiger partial charge on any atom is -0.394 e. The Hall–Kier alpha value is -1.73. The molecule has 2 aromatic rings. The minimum absolute atomic E-state index is 0.0142. The topological polar surface area (TPSA) is 80.0 Å². The lowest BCUT2D eigenvalue weighted by molar-refractivity contribution is -0.120. The summed E-state index contributed by atoms with van der Waals surface area (Å²) < 4.78 is 1.70. The van der Waals surface area contributed by atoms with Gasteiger partial charge in [0, 0.05) is 18.2 Å². The van der Waals surface area contributed by atoms with Crippen LogP contribution in [-0.2, 0) is 17.8 Å². The zero-order chi connectivity index (χ0) is 16.1. The van der Waals surface area contributed by atoms with E-state index in [0.29, 0.717) is 24.6 Å². The summed E-state index contributed by atoms with van der Waals surface area (Å²) in [4.78, 5) is 17.2. The number of amides is 1. The molecule has 1 atom stereocenters. The van der Waals surface area contributed by atoms with Crippen LogP contribution in [0, 0.1) is 5.92 Å². The van der Waals surface area contributed by atoms with E-state index in [-0.39, 0.29) is 24.5 Å². The third-order valence-corrected chi connectivity index (χ3v) is 4.15. The van der Waals surface area contributed by atoms with Crippen LogP contribution in [0.4, 0.5) is 0 Å². The maximum atomic E-state index is 11.4. The van der Waals surface area contributed by atoms with E-state index in [4.69, 9.17) is 0 Å². The first-order valence-electron chi connectivity index (χ1n) is 7.35. The summed E-state index contributed by atoms with van der Waals surface area (Å²) >= 11 is 1.66. The lowest BCUT2D eigenvalue weighted by Crippen LogP contribution is -2.32. The van der Waals surface area contributed by atoms with Crippen LogP contribution in [0.5, 0.6) is 0 Å². The Morgan fingerprint density at radius 3 is 2.82 bits per heavy atom. The second kappa shape index (κ2) is 7.51. The minimum atomic E-state index is -0.214. The number of nitrogens with one attached hydrogen (secondary N) is 1. The molecule has 2 heterocycles. The Morgan fingerprint density at radius 2 is 2.27 bits per heavy atom. The smallest absolute Gasteiger partial charge is 0.217 e. The van der Waals surface area contributed by atoms with Crippen molar-refractivity contribution in [1.82, 2.24) is 20.1 Å². The largest absolute Gasteiger partial charge is 0.394 e. The lowest BCUT2D eigenvalue weighted by atomic mass is 10.0. The summed E-state index contributed by atoms with van der Waals surface area (Å²) in [6, 6.07) is 3.83. The monoisotopic (exact) mass is 322 g/mol. The van der Waals surface area contributed by atoms with Crippen LogP contribution in [0.15, 0.2) is 17.5 Å². The molecule has 0 spiro atoms. The molecule has 2 rings (SSSR count). The van der Waals surface area contributed by atoms with Crippen LogP contribution < -0.4 is 5.32 Å². The number of nitrogens with zero attached hydrogens (tertiary/aromatic N) is 3. The predicted octanol–water partition coefficient (Wildman–Crippen LogP) is 1.76. The van der Waals surface area contributed by atoms with Crippen molar-refractivity contribution in [3.8, 4) is 0 Å². The van der Waals surface area contributed by atoms with Crippen molar-refractivity contribution in [3.05, 3.63) is 34.0 Å². The SMILES string of the molecule is CC(=O)NC(c1nc(Cc2cccs2)nn1CCO)C(C)C. The summed E-state index contributed by atoms with van der Waals surface area (Å²) in [6.07, 6.45) is 0.661. The van der Waals surface area contributed by atoms with E-state index in [0.717, 1.165) is 0 Å². The Bertz CT molecular complexity index is 607. The van der Waals surface area contributed by atoms with Crippen molar-refractivity contribution in [3.63, 3.8) is 0 Å². The van der Waals surface area contributed by atoms with Gasteiger partial charge in [0.05, 0.1) is 19.2 Å². The van der Waals surface area contributed by atoms with E-state index in [1.807, 2.05) is 31.4 Å². The quantitative estimate of drug-likeness (QED) is 0.814. The Kier molecular flexibility index (Phi) is 5.68.